The molecule has 0 spiro atoms. The highest BCUT2D eigenvalue weighted by molar-refractivity contribution is 6.32. The molecule has 0 aliphatic heterocycles. The van der Waals surface area contributed by atoms with Gasteiger partial charge in [-0.05, 0) is 110 Å². The first-order valence-corrected chi connectivity index (χ1v) is 14.6. The number of allylic oxidation sites excluding steroid dienone is 2. The molecule has 39 heavy (non-hydrogen) atoms. The average molecular weight is 543 g/mol. The van der Waals surface area contributed by atoms with Gasteiger partial charge in [0.1, 0.15) is 5.82 Å². The molecule has 0 radical (unpaired) electrons. The Labute approximate surface area is 238 Å². The van der Waals surface area contributed by atoms with Crippen LogP contribution in [0.25, 0.3) is 11.1 Å². The summed E-state index contributed by atoms with van der Waals surface area (Å²) in [7, 11) is 0. The number of nitrogens with zero attached hydrogens (tertiary/aromatic N) is 1. The number of nitrogens with one attached hydrogen (secondary N) is 1. The fourth-order valence-electron chi connectivity index (χ4n) is 5.43. The van der Waals surface area contributed by atoms with Crippen LogP contribution in [0.15, 0.2) is 91.2 Å². The lowest BCUT2D eigenvalue weighted by atomic mass is 9.87. The van der Waals surface area contributed by atoms with Crippen LogP contribution >= 0.6 is 11.6 Å². The normalized spacial score (nSPS) is 13.4. The Morgan fingerprint density at radius 1 is 1.00 bits per heavy atom. The van der Waals surface area contributed by atoms with Crippen molar-refractivity contribution in [2.45, 2.75) is 46.0 Å². The molecule has 1 aliphatic rings. The van der Waals surface area contributed by atoms with E-state index < -0.39 is 0 Å². The van der Waals surface area contributed by atoms with Crippen molar-refractivity contribution in [1.82, 2.24) is 10.2 Å². The monoisotopic (exact) mass is 542 g/mol. The molecule has 0 atom stereocenters. The van der Waals surface area contributed by atoms with Crippen LogP contribution in [-0.4, -0.2) is 31.1 Å². The molecule has 0 saturated carbocycles. The smallest absolute Gasteiger partial charge is 0.124 e. The van der Waals surface area contributed by atoms with E-state index in [4.69, 9.17) is 11.6 Å². The number of hydrogen-bond acceptors (Lipinski definition) is 2. The Kier molecular flexibility index (Phi) is 10.6. The highest BCUT2D eigenvalue weighted by Gasteiger charge is 2.21. The first-order chi connectivity index (χ1) is 19.0. The number of halogens is 2. The van der Waals surface area contributed by atoms with Gasteiger partial charge in [0.2, 0.25) is 0 Å². The molecule has 0 heterocycles. The predicted octanol–water partition coefficient (Wildman–Crippen LogP) is 8.71. The number of aryl methyl sites for hydroxylation is 2. The van der Waals surface area contributed by atoms with Crippen LogP contribution in [0.3, 0.4) is 0 Å². The molecule has 0 saturated heterocycles. The Morgan fingerprint density at radius 2 is 1.77 bits per heavy atom. The first kappa shape index (κ1) is 28.9. The highest BCUT2D eigenvalue weighted by atomic mass is 35.5. The maximum Gasteiger partial charge on any atom is 0.124 e. The molecule has 3 aromatic carbocycles. The van der Waals surface area contributed by atoms with Gasteiger partial charge in [-0.15, -0.1) is 0 Å². The minimum Gasteiger partial charge on any atom is -0.373 e. The fraction of sp³-hybridized carbons (Fsp3) is 0.314. The van der Waals surface area contributed by atoms with Gasteiger partial charge in [-0.2, -0.15) is 0 Å². The maximum absolute atomic E-state index is 13.9. The number of hydrogen-bond donors (Lipinski definition) is 1. The van der Waals surface area contributed by atoms with Crippen molar-refractivity contribution >= 4 is 22.7 Å². The van der Waals surface area contributed by atoms with Crippen LogP contribution in [0.5, 0.6) is 0 Å². The molecule has 204 valence electrons. The second-order valence-electron chi connectivity index (χ2n) is 10.1. The topological polar surface area (TPSA) is 15.3 Å². The third-order valence-corrected chi connectivity index (χ3v) is 7.83. The quantitative estimate of drug-likeness (QED) is 0.182. The summed E-state index contributed by atoms with van der Waals surface area (Å²) < 4.78 is 13.9. The molecule has 0 fully saturated rings. The van der Waals surface area contributed by atoms with Gasteiger partial charge < -0.3 is 10.2 Å². The average Bonchev–Trinajstić information content (AvgIpc) is 3.13. The van der Waals surface area contributed by atoms with Crippen molar-refractivity contribution in [2.24, 2.45) is 0 Å². The Morgan fingerprint density at radius 3 is 2.51 bits per heavy atom. The zero-order chi connectivity index (χ0) is 27.6. The minimum absolute atomic E-state index is 0.306. The standard InChI is InChI=1S/C35H40ClFN2/c1-4-39(5-2)26(3)11-9-23-38-24-10-12-27-17-19-29(20-18-27)35-31-15-7-6-13-28(31)14-8-16-33(35)32-22-21-30(37)25-34(32)36/h6-7,9,11,13,15,17-22,25,38H,3-5,8,10,12,14,16,23-24H2,1-2H3/b11-9+. The van der Waals surface area contributed by atoms with Crippen LogP contribution in [0, 0.1) is 5.82 Å². The summed E-state index contributed by atoms with van der Waals surface area (Å²) in [6, 6.07) is 22.4. The third-order valence-electron chi connectivity index (χ3n) is 7.52. The Hall–Kier alpha value is -3.14. The van der Waals surface area contributed by atoms with E-state index in [1.165, 1.54) is 45.5 Å². The molecular weight excluding hydrogens is 503 g/mol. The second kappa shape index (κ2) is 14.3. The van der Waals surface area contributed by atoms with E-state index in [9.17, 15) is 4.39 Å². The lowest BCUT2D eigenvalue weighted by molar-refractivity contribution is 0.396. The van der Waals surface area contributed by atoms with Gasteiger partial charge >= 0.3 is 0 Å². The summed E-state index contributed by atoms with van der Waals surface area (Å²) in [6.07, 6.45) is 9.31. The van der Waals surface area contributed by atoms with E-state index >= 15 is 0 Å². The van der Waals surface area contributed by atoms with Crippen molar-refractivity contribution in [3.63, 3.8) is 0 Å². The summed E-state index contributed by atoms with van der Waals surface area (Å²) >= 11 is 6.58. The number of rotatable bonds is 12. The van der Waals surface area contributed by atoms with E-state index in [1.54, 1.807) is 0 Å². The molecule has 1 N–H and O–H groups in total. The molecule has 0 unspecified atom stereocenters. The van der Waals surface area contributed by atoms with E-state index in [-0.39, 0.29) is 5.82 Å². The molecule has 0 aromatic heterocycles. The molecule has 4 rings (SSSR count). The maximum atomic E-state index is 13.9. The molecule has 4 heteroatoms. The van der Waals surface area contributed by atoms with Crippen molar-refractivity contribution in [1.29, 1.82) is 0 Å². The van der Waals surface area contributed by atoms with Crippen molar-refractivity contribution in [3.05, 3.63) is 130 Å². The van der Waals surface area contributed by atoms with E-state index in [0.717, 1.165) is 69.5 Å². The molecule has 0 bridgehead atoms. The lowest BCUT2D eigenvalue weighted by Gasteiger charge is -2.20. The van der Waals surface area contributed by atoms with Crippen molar-refractivity contribution in [3.8, 4) is 0 Å². The van der Waals surface area contributed by atoms with E-state index in [2.05, 4.69) is 91.3 Å². The van der Waals surface area contributed by atoms with Gasteiger partial charge in [0.25, 0.3) is 0 Å². The summed E-state index contributed by atoms with van der Waals surface area (Å²) in [6.45, 7) is 12.2. The summed E-state index contributed by atoms with van der Waals surface area (Å²) in [5.74, 6) is -0.306. The van der Waals surface area contributed by atoms with Crippen LogP contribution in [0.2, 0.25) is 5.02 Å². The van der Waals surface area contributed by atoms with Gasteiger partial charge in [-0.25, -0.2) is 4.39 Å². The Balaban J connectivity index is 1.45. The predicted molar refractivity (Wildman–Crippen MR) is 166 cm³/mol. The van der Waals surface area contributed by atoms with Crippen LogP contribution < -0.4 is 5.32 Å². The molecule has 3 aromatic rings. The van der Waals surface area contributed by atoms with Crippen molar-refractivity contribution < 1.29 is 4.39 Å². The van der Waals surface area contributed by atoms with Gasteiger partial charge in [0.05, 0.1) is 5.02 Å². The SMILES string of the molecule is C=C(/C=C/CNCCCc1ccc(C2=C(c3ccc(F)cc3Cl)CCCc3ccccc32)cc1)N(CC)CC. The largest absolute Gasteiger partial charge is 0.373 e. The lowest BCUT2D eigenvalue weighted by Crippen LogP contribution is -2.21. The number of benzene rings is 3. The molecule has 1 aliphatic carbocycles. The zero-order valence-electron chi connectivity index (χ0n) is 23.3. The molecule has 2 nitrogen and oxygen atoms in total. The second-order valence-corrected chi connectivity index (χ2v) is 10.5. The fourth-order valence-corrected chi connectivity index (χ4v) is 5.71. The highest BCUT2D eigenvalue weighted by Crippen LogP contribution is 2.41. The van der Waals surface area contributed by atoms with Gasteiger partial charge in [0.15, 0.2) is 0 Å². The van der Waals surface area contributed by atoms with Gasteiger partial charge in [-0.3, -0.25) is 0 Å². The number of likely N-dealkylation sites (N-methyl/N-ethyl adjacent to an activating group) is 1. The van der Waals surface area contributed by atoms with Crippen LogP contribution in [-0.2, 0) is 12.8 Å². The van der Waals surface area contributed by atoms with Crippen LogP contribution in [0.4, 0.5) is 4.39 Å². The molecular formula is C35H40ClFN2. The van der Waals surface area contributed by atoms with E-state index in [0.29, 0.717) is 5.02 Å². The summed E-state index contributed by atoms with van der Waals surface area (Å²) in [4.78, 5) is 2.25. The van der Waals surface area contributed by atoms with E-state index in [1.807, 2.05) is 6.07 Å². The summed E-state index contributed by atoms with van der Waals surface area (Å²) in [5, 5.41) is 3.98. The Bertz CT molecular complexity index is 1320. The van der Waals surface area contributed by atoms with Crippen LogP contribution in [0.1, 0.15) is 60.9 Å². The first-order valence-electron chi connectivity index (χ1n) is 14.2. The van der Waals surface area contributed by atoms with Crippen molar-refractivity contribution in [2.75, 3.05) is 26.2 Å². The van der Waals surface area contributed by atoms with Gasteiger partial charge in [-0.1, -0.05) is 78.9 Å². The van der Waals surface area contributed by atoms with Gasteiger partial charge in [0, 0.05) is 25.3 Å². The zero-order valence-corrected chi connectivity index (χ0v) is 24.0. The summed E-state index contributed by atoms with van der Waals surface area (Å²) in [5.41, 5.74) is 9.51. The number of fused-ring (bicyclic) bond motifs is 1. The third kappa shape index (κ3) is 7.50. The minimum atomic E-state index is -0.306. The molecule has 0 amide bonds.